The van der Waals surface area contributed by atoms with Crippen LogP contribution in [0.25, 0.3) is 0 Å². The molecule has 0 N–H and O–H groups in total. The van der Waals surface area contributed by atoms with Gasteiger partial charge in [-0.2, -0.15) is 5.26 Å². The summed E-state index contributed by atoms with van der Waals surface area (Å²) in [5, 5.41) is 9.41. The molecule has 1 aromatic rings. The van der Waals surface area contributed by atoms with Gasteiger partial charge in [-0.25, -0.2) is 0 Å². The molecule has 0 aliphatic rings. The molecule has 0 saturated carbocycles. The third-order valence-corrected chi connectivity index (χ3v) is 5.49. The van der Waals surface area contributed by atoms with Gasteiger partial charge in [-0.15, -0.1) is 0 Å². The first-order valence-electron chi connectivity index (χ1n) is 9.43. The first kappa shape index (κ1) is 20.6. The van der Waals surface area contributed by atoms with Crippen LogP contribution in [0.15, 0.2) is 18.2 Å². The van der Waals surface area contributed by atoms with Crippen LogP contribution in [-0.2, 0) is 10.8 Å². The number of hydrogen-bond donors (Lipinski definition) is 0. The fraction of sp³-hybridized carbons (Fsp3) is 0.682. The summed E-state index contributed by atoms with van der Waals surface area (Å²) in [6, 6.07) is 8.87. The molecule has 2 heteroatoms. The van der Waals surface area contributed by atoms with Crippen molar-refractivity contribution in [2.45, 2.75) is 97.5 Å². The van der Waals surface area contributed by atoms with Crippen LogP contribution in [0.5, 0.6) is 5.75 Å². The van der Waals surface area contributed by atoms with Crippen LogP contribution in [0.1, 0.15) is 91.7 Å². The zero-order chi connectivity index (χ0) is 18.4. The van der Waals surface area contributed by atoms with E-state index in [0.717, 1.165) is 37.9 Å². The molecular weight excluding hydrogens is 294 g/mol. The Labute approximate surface area is 149 Å². The van der Waals surface area contributed by atoms with Gasteiger partial charge in [-0.05, 0) is 48.1 Å². The number of ether oxygens (including phenoxy) is 1. The van der Waals surface area contributed by atoms with Gasteiger partial charge in [0.05, 0.1) is 0 Å². The first-order valence-corrected chi connectivity index (χ1v) is 9.43. The summed E-state index contributed by atoms with van der Waals surface area (Å²) < 4.78 is 6.13. The maximum absolute atomic E-state index is 9.41. The molecule has 0 amide bonds. The second kappa shape index (κ2) is 8.56. The van der Waals surface area contributed by atoms with Gasteiger partial charge in [0.25, 0.3) is 0 Å². The van der Waals surface area contributed by atoms with E-state index in [1.54, 1.807) is 0 Å². The number of nitrogens with zero attached hydrogens (tertiary/aromatic N) is 1. The summed E-state index contributed by atoms with van der Waals surface area (Å²) in [6.07, 6.45) is 4.66. The van der Waals surface area contributed by atoms with Crippen molar-refractivity contribution in [3.05, 3.63) is 29.3 Å². The topological polar surface area (TPSA) is 33.0 Å². The minimum absolute atomic E-state index is 0.0277. The molecule has 1 atom stereocenters. The number of benzene rings is 1. The Bertz CT molecular complexity index is 566. The Morgan fingerprint density at radius 3 is 2.17 bits per heavy atom. The molecule has 0 aliphatic heterocycles. The first-order chi connectivity index (χ1) is 11.2. The molecule has 0 radical (unpaired) electrons. The molecule has 0 spiro atoms. The Morgan fingerprint density at radius 2 is 1.67 bits per heavy atom. The lowest BCUT2D eigenvalue weighted by molar-refractivity contribution is 0.234. The Kier molecular flexibility index (Phi) is 7.33. The second-order valence-corrected chi connectivity index (χ2v) is 8.06. The van der Waals surface area contributed by atoms with Crippen LogP contribution in [0.4, 0.5) is 0 Å². The van der Waals surface area contributed by atoms with Crippen molar-refractivity contribution < 1.29 is 4.74 Å². The number of rotatable bonds is 9. The Morgan fingerprint density at radius 1 is 1.04 bits per heavy atom. The van der Waals surface area contributed by atoms with Gasteiger partial charge >= 0.3 is 0 Å². The highest BCUT2D eigenvalue weighted by molar-refractivity contribution is 5.44. The van der Waals surface area contributed by atoms with E-state index in [9.17, 15) is 5.26 Å². The summed E-state index contributed by atoms with van der Waals surface area (Å²) in [7, 11) is 0. The summed E-state index contributed by atoms with van der Waals surface area (Å²) in [5.74, 6) is 0.875. The zero-order valence-corrected chi connectivity index (χ0v) is 16.7. The third kappa shape index (κ3) is 5.00. The molecular formula is C22H35NO. The van der Waals surface area contributed by atoms with E-state index >= 15 is 0 Å². The van der Waals surface area contributed by atoms with Gasteiger partial charge < -0.3 is 4.74 Å². The zero-order valence-electron chi connectivity index (χ0n) is 16.7. The summed E-state index contributed by atoms with van der Waals surface area (Å²) in [6.45, 7) is 15.7. The maximum atomic E-state index is 9.41. The molecule has 0 aromatic heterocycles. The smallest absolute Gasteiger partial charge is 0.184 e. The number of unbranched alkanes of at least 4 members (excludes halogenated alkanes) is 1. The van der Waals surface area contributed by atoms with Gasteiger partial charge in [-0.1, -0.05) is 67.0 Å². The standard InChI is InChI=1S/C22H35NO/c1-8-11-12-18(16-23)24-20-14-13-17(21(4,5)9-2)15-19(20)22(6,7)10-3/h13-15,18H,8-12H2,1-7H3. The maximum Gasteiger partial charge on any atom is 0.184 e. The van der Waals surface area contributed by atoms with E-state index in [2.05, 4.69) is 72.7 Å². The van der Waals surface area contributed by atoms with Gasteiger partial charge in [0, 0.05) is 5.56 Å². The average Bonchev–Trinajstić information content (AvgIpc) is 2.58. The largest absolute Gasteiger partial charge is 0.475 e. The molecule has 0 fully saturated rings. The van der Waals surface area contributed by atoms with E-state index in [0.29, 0.717) is 0 Å². The highest BCUT2D eigenvalue weighted by Crippen LogP contribution is 2.38. The minimum Gasteiger partial charge on any atom is -0.475 e. The predicted octanol–water partition coefficient (Wildman–Crippen LogP) is 6.52. The van der Waals surface area contributed by atoms with Gasteiger partial charge in [0.15, 0.2) is 6.10 Å². The van der Waals surface area contributed by atoms with Gasteiger partial charge in [0.2, 0.25) is 0 Å². The molecule has 0 aliphatic carbocycles. The number of hydrogen-bond acceptors (Lipinski definition) is 2. The van der Waals surface area contributed by atoms with Crippen molar-refractivity contribution in [3.63, 3.8) is 0 Å². The second-order valence-electron chi connectivity index (χ2n) is 8.06. The lowest BCUT2D eigenvalue weighted by Crippen LogP contribution is -2.23. The van der Waals surface area contributed by atoms with E-state index in [4.69, 9.17) is 4.74 Å². The lowest BCUT2D eigenvalue weighted by Gasteiger charge is -2.31. The van der Waals surface area contributed by atoms with Crippen LogP contribution in [0.3, 0.4) is 0 Å². The van der Waals surface area contributed by atoms with E-state index in [1.807, 2.05) is 0 Å². The van der Waals surface area contributed by atoms with Crippen LogP contribution >= 0.6 is 0 Å². The van der Waals surface area contributed by atoms with Gasteiger partial charge in [0.1, 0.15) is 11.8 Å². The molecule has 1 aromatic carbocycles. The van der Waals surface area contributed by atoms with Crippen molar-refractivity contribution in [1.29, 1.82) is 5.26 Å². The highest BCUT2D eigenvalue weighted by Gasteiger charge is 2.27. The van der Waals surface area contributed by atoms with Crippen molar-refractivity contribution >= 4 is 0 Å². The highest BCUT2D eigenvalue weighted by atomic mass is 16.5. The molecule has 0 heterocycles. The Hall–Kier alpha value is -1.49. The fourth-order valence-electron chi connectivity index (χ4n) is 2.67. The van der Waals surface area contributed by atoms with Crippen LogP contribution in [0, 0.1) is 11.3 Å². The summed E-state index contributed by atoms with van der Waals surface area (Å²) >= 11 is 0. The van der Waals surface area contributed by atoms with Crippen molar-refractivity contribution in [2.24, 2.45) is 0 Å². The normalized spacial score (nSPS) is 13.4. The average molecular weight is 330 g/mol. The van der Waals surface area contributed by atoms with Crippen molar-refractivity contribution in [1.82, 2.24) is 0 Å². The van der Waals surface area contributed by atoms with Crippen LogP contribution < -0.4 is 4.74 Å². The van der Waals surface area contributed by atoms with Crippen LogP contribution in [-0.4, -0.2) is 6.10 Å². The van der Waals surface area contributed by atoms with Gasteiger partial charge in [-0.3, -0.25) is 0 Å². The molecule has 1 unspecified atom stereocenters. The summed E-state index contributed by atoms with van der Waals surface area (Å²) in [4.78, 5) is 0. The quantitative estimate of drug-likeness (QED) is 0.516. The van der Waals surface area contributed by atoms with E-state index < -0.39 is 0 Å². The monoisotopic (exact) mass is 329 g/mol. The van der Waals surface area contributed by atoms with Crippen molar-refractivity contribution in [3.8, 4) is 11.8 Å². The third-order valence-electron chi connectivity index (χ3n) is 5.49. The molecule has 134 valence electrons. The Balaban J connectivity index is 3.27. The molecule has 0 bridgehead atoms. The van der Waals surface area contributed by atoms with E-state index in [-0.39, 0.29) is 16.9 Å². The molecule has 1 rings (SSSR count). The molecule has 0 saturated heterocycles. The fourth-order valence-corrected chi connectivity index (χ4v) is 2.67. The van der Waals surface area contributed by atoms with E-state index in [1.165, 1.54) is 11.1 Å². The predicted molar refractivity (Wildman–Crippen MR) is 103 cm³/mol. The number of nitriles is 1. The SMILES string of the molecule is CCCCC(C#N)Oc1ccc(C(C)(C)CC)cc1C(C)(C)CC. The van der Waals surface area contributed by atoms with Crippen molar-refractivity contribution in [2.75, 3.05) is 0 Å². The summed E-state index contributed by atoms with van der Waals surface area (Å²) in [5.41, 5.74) is 2.74. The molecule has 2 nitrogen and oxygen atoms in total. The molecule has 24 heavy (non-hydrogen) atoms. The minimum atomic E-state index is -0.360. The van der Waals surface area contributed by atoms with Crippen LogP contribution in [0.2, 0.25) is 0 Å². The lowest BCUT2D eigenvalue weighted by atomic mass is 9.76.